The minimum atomic E-state index is -0.374. The van der Waals surface area contributed by atoms with E-state index < -0.39 is 0 Å². The van der Waals surface area contributed by atoms with Crippen molar-refractivity contribution in [1.82, 2.24) is 20.2 Å². The van der Waals surface area contributed by atoms with Gasteiger partial charge in [0.25, 0.3) is 5.91 Å². The summed E-state index contributed by atoms with van der Waals surface area (Å²) in [7, 11) is 0. The van der Waals surface area contributed by atoms with E-state index in [0.29, 0.717) is 18.7 Å². The number of oxazole rings is 1. The zero-order valence-electron chi connectivity index (χ0n) is 20.2. The highest BCUT2D eigenvalue weighted by molar-refractivity contribution is 5.91. The maximum absolute atomic E-state index is 13.6. The largest absolute Gasteiger partial charge is 0.484 e. The van der Waals surface area contributed by atoms with Gasteiger partial charge in [0.2, 0.25) is 11.8 Å². The van der Waals surface area contributed by atoms with Gasteiger partial charge >= 0.3 is 0 Å². The van der Waals surface area contributed by atoms with Gasteiger partial charge in [0, 0.05) is 19.7 Å². The number of halogens is 1. The quantitative estimate of drug-likeness (QED) is 0.408. The maximum atomic E-state index is 13.6. The summed E-state index contributed by atoms with van der Waals surface area (Å²) in [5.74, 6) is 0.0552. The second kappa shape index (κ2) is 10.6. The molecule has 2 amide bonds. The number of nitrogens with one attached hydrogen (secondary N) is 1. The Morgan fingerprint density at radius 3 is 2.76 bits per heavy atom. The summed E-state index contributed by atoms with van der Waals surface area (Å²) in [4.78, 5) is 35.0. The molecule has 0 unspecified atom stereocenters. The third-order valence-corrected chi connectivity index (χ3v) is 6.24. The van der Waals surface area contributed by atoms with Crippen molar-refractivity contribution in [3.8, 4) is 5.75 Å². The molecule has 1 atom stereocenters. The fraction of sp³-hybridized carbons (Fsp3) is 0.214. The standard InChI is InChI=1S/C28H25FN4O4/c1-18(34)33-13-11-19-7-10-23(14-24(19)27(33)20-5-8-21(29)9-6-20)36-17-26-32-25(16-37-26)28(35)31-15-22-4-2-3-12-30-22/h2-10,12,14,16,27H,11,13,15,17H2,1H3,(H,31,35)/t27-/m1/s1. The highest BCUT2D eigenvalue weighted by atomic mass is 19.1. The Kier molecular flexibility index (Phi) is 6.93. The topological polar surface area (TPSA) is 97.6 Å². The molecule has 0 bridgehead atoms. The average molecular weight is 501 g/mol. The molecule has 1 aliphatic heterocycles. The highest BCUT2D eigenvalue weighted by Gasteiger charge is 2.31. The van der Waals surface area contributed by atoms with Crippen LogP contribution in [0.3, 0.4) is 0 Å². The molecule has 188 valence electrons. The molecular formula is C28H25FN4O4. The third kappa shape index (κ3) is 5.50. The number of rotatable bonds is 7. The zero-order chi connectivity index (χ0) is 25.8. The van der Waals surface area contributed by atoms with Crippen LogP contribution in [0.1, 0.15) is 51.7 Å². The van der Waals surface area contributed by atoms with Crippen molar-refractivity contribution in [3.63, 3.8) is 0 Å². The van der Waals surface area contributed by atoms with E-state index in [2.05, 4.69) is 15.3 Å². The SMILES string of the molecule is CC(=O)N1CCc2ccc(OCc3nc(C(=O)NCc4ccccn4)co3)cc2[C@H]1c1ccc(F)cc1. The molecule has 1 N–H and O–H groups in total. The summed E-state index contributed by atoms with van der Waals surface area (Å²) >= 11 is 0. The lowest BCUT2D eigenvalue weighted by Gasteiger charge is -2.37. The molecule has 0 aliphatic carbocycles. The van der Waals surface area contributed by atoms with Crippen LogP contribution < -0.4 is 10.1 Å². The van der Waals surface area contributed by atoms with E-state index in [1.54, 1.807) is 29.3 Å². The van der Waals surface area contributed by atoms with Gasteiger partial charge in [0.15, 0.2) is 12.3 Å². The normalized spacial score (nSPS) is 14.6. The van der Waals surface area contributed by atoms with Crippen LogP contribution in [0.15, 0.2) is 77.5 Å². The molecule has 8 nitrogen and oxygen atoms in total. The molecule has 0 saturated carbocycles. The van der Waals surface area contributed by atoms with Crippen LogP contribution in [-0.4, -0.2) is 33.2 Å². The van der Waals surface area contributed by atoms with E-state index in [-0.39, 0.29) is 48.4 Å². The lowest BCUT2D eigenvalue weighted by Crippen LogP contribution is -2.39. The number of fused-ring (bicyclic) bond motifs is 1. The van der Waals surface area contributed by atoms with Crippen molar-refractivity contribution in [3.05, 3.63) is 113 Å². The first-order valence-corrected chi connectivity index (χ1v) is 11.9. The van der Waals surface area contributed by atoms with Crippen molar-refractivity contribution in [2.45, 2.75) is 32.5 Å². The van der Waals surface area contributed by atoms with E-state index in [0.717, 1.165) is 22.4 Å². The monoisotopic (exact) mass is 500 g/mol. The maximum Gasteiger partial charge on any atom is 0.273 e. The highest BCUT2D eigenvalue weighted by Crippen LogP contribution is 2.37. The molecule has 2 aromatic carbocycles. The summed E-state index contributed by atoms with van der Waals surface area (Å²) in [6.45, 7) is 2.41. The second-order valence-corrected chi connectivity index (χ2v) is 8.70. The van der Waals surface area contributed by atoms with Crippen LogP contribution in [0.25, 0.3) is 0 Å². The molecule has 9 heteroatoms. The Bertz CT molecular complexity index is 1410. The average Bonchev–Trinajstić information content (AvgIpc) is 3.40. The van der Waals surface area contributed by atoms with Gasteiger partial charge in [-0.05, 0) is 59.5 Å². The lowest BCUT2D eigenvalue weighted by atomic mass is 9.88. The summed E-state index contributed by atoms with van der Waals surface area (Å²) in [6, 6.07) is 17.0. The fourth-order valence-electron chi connectivity index (χ4n) is 4.42. The van der Waals surface area contributed by atoms with Gasteiger partial charge in [-0.25, -0.2) is 9.37 Å². The number of hydrogen-bond donors (Lipinski definition) is 1. The summed E-state index contributed by atoms with van der Waals surface area (Å²) in [5, 5.41) is 2.75. The van der Waals surface area contributed by atoms with E-state index in [1.165, 1.54) is 25.3 Å². The molecule has 4 aromatic rings. The zero-order valence-corrected chi connectivity index (χ0v) is 20.2. The predicted octanol–water partition coefficient (Wildman–Crippen LogP) is 4.21. The Morgan fingerprint density at radius 1 is 1.16 bits per heavy atom. The number of carbonyl (C=O) groups excluding carboxylic acids is 2. The third-order valence-electron chi connectivity index (χ3n) is 6.24. The lowest BCUT2D eigenvalue weighted by molar-refractivity contribution is -0.130. The number of pyridine rings is 1. The van der Waals surface area contributed by atoms with Crippen molar-refractivity contribution in [1.29, 1.82) is 0 Å². The molecule has 0 fully saturated rings. The molecule has 3 heterocycles. The van der Waals surface area contributed by atoms with Gasteiger partial charge in [-0.15, -0.1) is 0 Å². The Morgan fingerprint density at radius 2 is 2.00 bits per heavy atom. The number of benzene rings is 2. The summed E-state index contributed by atoms with van der Waals surface area (Å²) in [5.41, 5.74) is 3.73. The van der Waals surface area contributed by atoms with Crippen LogP contribution in [-0.2, 0) is 24.4 Å². The van der Waals surface area contributed by atoms with E-state index >= 15 is 0 Å². The van der Waals surface area contributed by atoms with Gasteiger partial charge in [0.05, 0.1) is 18.3 Å². The number of amides is 2. The molecule has 5 rings (SSSR count). The first-order valence-electron chi connectivity index (χ1n) is 11.9. The number of nitrogens with zero attached hydrogens (tertiary/aromatic N) is 3. The molecule has 0 saturated heterocycles. The van der Waals surface area contributed by atoms with E-state index in [9.17, 15) is 14.0 Å². The molecule has 37 heavy (non-hydrogen) atoms. The van der Waals surface area contributed by atoms with Gasteiger partial charge in [-0.2, -0.15) is 0 Å². The van der Waals surface area contributed by atoms with Crippen molar-refractivity contribution in [2.24, 2.45) is 0 Å². The van der Waals surface area contributed by atoms with Crippen LogP contribution >= 0.6 is 0 Å². The number of aromatic nitrogens is 2. The summed E-state index contributed by atoms with van der Waals surface area (Å²) < 4.78 is 24.9. The van der Waals surface area contributed by atoms with Gasteiger partial charge < -0.3 is 19.4 Å². The van der Waals surface area contributed by atoms with Crippen LogP contribution in [0.5, 0.6) is 5.75 Å². The Balaban J connectivity index is 1.29. The Labute approximate surface area is 213 Å². The minimum Gasteiger partial charge on any atom is -0.484 e. The van der Waals surface area contributed by atoms with Crippen molar-refractivity contribution >= 4 is 11.8 Å². The molecule has 1 aliphatic rings. The summed E-state index contributed by atoms with van der Waals surface area (Å²) in [6.07, 6.45) is 3.66. The number of ether oxygens (including phenoxy) is 1. The van der Waals surface area contributed by atoms with Gasteiger partial charge in [-0.3, -0.25) is 14.6 Å². The van der Waals surface area contributed by atoms with Crippen molar-refractivity contribution in [2.75, 3.05) is 6.54 Å². The minimum absolute atomic E-state index is 0.0178. The van der Waals surface area contributed by atoms with E-state index in [4.69, 9.17) is 9.15 Å². The molecule has 2 aromatic heterocycles. The van der Waals surface area contributed by atoms with Gasteiger partial charge in [0.1, 0.15) is 17.8 Å². The fourth-order valence-corrected chi connectivity index (χ4v) is 4.42. The predicted molar refractivity (Wildman–Crippen MR) is 132 cm³/mol. The Hall–Kier alpha value is -4.53. The van der Waals surface area contributed by atoms with E-state index in [1.807, 2.05) is 30.3 Å². The van der Waals surface area contributed by atoms with Crippen molar-refractivity contribution < 1.29 is 23.1 Å². The first-order chi connectivity index (χ1) is 18.0. The number of hydrogen-bond acceptors (Lipinski definition) is 6. The molecular weight excluding hydrogens is 475 g/mol. The van der Waals surface area contributed by atoms with Crippen LogP contribution in [0.2, 0.25) is 0 Å². The molecule has 0 radical (unpaired) electrons. The molecule has 0 spiro atoms. The first kappa shape index (κ1) is 24.2. The number of carbonyl (C=O) groups is 2. The van der Waals surface area contributed by atoms with Gasteiger partial charge in [-0.1, -0.05) is 24.3 Å². The van der Waals surface area contributed by atoms with Crippen LogP contribution in [0, 0.1) is 5.82 Å². The smallest absolute Gasteiger partial charge is 0.273 e. The second-order valence-electron chi connectivity index (χ2n) is 8.70. The van der Waals surface area contributed by atoms with Crippen LogP contribution in [0.4, 0.5) is 4.39 Å².